The van der Waals surface area contributed by atoms with Gasteiger partial charge < -0.3 is 9.73 Å². The standard InChI is InChI=1S/C17H30N2O/c1-5-7-18-10-17-16(6-8-20-17)12-19-11-13(2)9-14(3)15(19)4/h6,8,13-15,18H,5,7,9-12H2,1-4H3. The zero-order valence-corrected chi connectivity index (χ0v) is 13.5. The van der Waals surface area contributed by atoms with Crippen LogP contribution < -0.4 is 5.32 Å². The summed E-state index contributed by atoms with van der Waals surface area (Å²) in [5, 5.41) is 3.43. The van der Waals surface area contributed by atoms with Gasteiger partial charge in [0.2, 0.25) is 0 Å². The molecule has 0 spiro atoms. The Bertz CT molecular complexity index is 401. The molecular formula is C17H30N2O. The Labute approximate surface area is 123 Å². The van der Waals surface area contributed by atoms with Crippen LogP contribution in [0, 0.1) is 11.8 Å². The first-order valence-corrected chi connectivity index (χ1v) is 8.11. The summed E-state index contributed by atoms with van der Waals surface area (Å²) in [5.74, 6) is 2.69. The fourth-order valence-corrected chi connectivity index (χ4v) is 3.30. The van der Waals surface area contributed by atoms with Crippen LogP contribution in [-0.2, 0) is 13.1 Å². The highest BCUT2D eigenvalue weighted by atomic mass is 16.3. The van der Waals surface area contributed by atoms with Crippen molar-refractivity contribution in [2.45, 2.75) is 59.7 Å². The van der Waals surface area contributed by atoms with Crippen molar-refractivity contribution >= 4 is 0 Å². The van der Waals surface area contributed by atoms with Gasteiger partial charge in [0, 0.05) is 24.7 Å². The van der Waals surface area contributed by atoms with Gasteiger partial charge in [-0.3, -0.25) is 4.90 Å². The lowest BCUT2D eigenvalue weighted by atomic mass is 9.86. The van der Waals surface area contributed by atoms with Gasteiger partial charge in [0.15, 0.2) is 0 Å². The van der Waals surface area contributed by atoms with Crippen LogP contribution >= 0.6 is 0 Å². The van der Waals surface area contributed by atoms with Crippen molar-refractivity contribution in [1.29, 1.82) is 0 Å². The van der Waals surface area contributed by atoms with E-state index in [1.165, 1.54) is 18.5 Å². The minimum atomic E-state index is 0.664. The van der Waals surface area contributed by atoms with E-state index in [0.29, 0.717) is 6.04 Å². The summed E-state index contributed by atoms with van der Waals surface area (Å²) >= 11 is 0. The van der Waals surface area contributed by atoms with Crippen molar-refractivity contribution in [2.75, 3.05) is 13.1 Å². The predicted octanol–water partition coefficient (Wildman–Crippen LogP) is 3.65. The molecular weight excluding hydrogens is 248 g/mol. The Morgan fingerprint density at radius 1 is 1.35 bits per heavy atom. The highest BCUT2D eigenvalue weighted by Crippen LogP contribution is 2.28. The lowest BCUT2D eigenvalue weighted by Crippen LogP contribution is -2.45. The van der Waals surface area contributed by atoms with E-state index in [1.807, 2.05) is 6.26 Å². The van der Waals surface area contributed by atoms with E-state index in [4.69, 9.17) is 4.42 Å². The van der Waals surface area contributed by atoms with Crippen molar-refractivity contribution in [3.63, 3.8) is 0 Å². The van der Waals surface area contributed by atoms with Gasteiger partial charge in [-0.2, -0.15) is 0 Å². The van der Waals surface area contributed by atoms with Gasteiger partial charge in [0.05, 0.1) is 12.8 Å². The average molecular weight is 278 g/mol. The van der Waals surface area contributed by atoms with Crippen LogP contribution in [0.5, 0.6) is 0 Å². The molecule has 1 aliphatic rings. The summed E-state index contributed by atoms with van der Waals surface area (Å²) < 4.78 is 5.65. The second kappa shape index (κ2) is 7.28. The minimum absolute atomic E-state index is 0.664. The first-order chi connectivity index (χ1) is 9.61. The van der Waals surface area contributed by atoms with Crippen LogP contribution in [0.3, 0.4) is 0 Å². The number of rotatable bonds is 6. The SMILES string of the molecule is CCCNCc1occc1CN1CC(C)CC(C)C1C. The van der Waals surface area contributed by atoms with Gasteiger partial charge in [-0.25, -0.2) is 0 Å². The molecule has 1 aliphatic heterocycles. The van der Waals surface area contributed by atoms with Crippen molar-refractivity contribution in [3.8, 4) is 0 Å². The molecule has 3 atom stereocenters. The Morgan fingerprint density at radius 3 is 2.90 bits per heavy atom. The summed E-state index contributed by atoms with van der Waals surface area (Å²) in [6.45, 7) is 13.4. The fraction of sp³-hybridized carbons (Fsp3) is 0.765. The van der Waals surface area contributed by atoms with E-state index in [1.54, 1.807) is 0 Å². The molecule has 2 heterocycles. The molecule has 1 fully saturated rings. The van der Waals surface area contributed by atoms with Crippen molar-refractivity contribution in [3.05, 3.63) is 23.7 Å². The zero-order valence-electron chi connectivity index (χ0n) is 13.5. The third kappa shape index (κ3) is 3.86. The second-order valence-electron chi connectivity index (χ2n) is 6.53. The van der Waals surface area contributed by atoms with Crippen molar-refractivity contribution in [1.82, 2.24) is 10.2 Å². The Kier molecular flexibility index (Phi) is 5.67. The molecule has 0 aromatic carbocycles. The first kappa shape index (κ1) is 15.6. The molecule has 0 radical (unpaired) electrons. The molecule has 1 saturated heterocycles. The molecule has 0 aliphatic carbocycles. The largest absolute Gasteiger partial charge is 0.468 e. The molecule has 0 saturated carbocycles. The number of piperidine rings is 1. The molecule has 3 unspecified atom stereocenters. The summed E-state index contributed by atoms with van der Waals surface area (Å²) in [7, 11) is 0. The summed E-state index contributed by atoms with van der Waals surface area (Å²) in [5.41, 5.74) is 1.35. The quantitative estimate of drug-likeness (QED) is 0.805. The smallest absolute Gasteiger partial charge is 0.122 e. The zero-order chi connectivity index (χ0) is 14.5. The van der Waals surface area contributed by atoms with Crippen LogP contribution in [0.15, 0.2) is 16.7 Å². The molecule has 20 heavy (non-hydrogen) atoms. The maximum atomic E-state index is 5.65. The number of nitrogens with one attached hydrogen (secondary N) is 1. The molecule has 1 aromatic heterocycles. The summed E-state index contributed by atoms with van der Waals surface area (Å²) in [6.07, 6.45) is 4.35. The maximum Gasteiger partial charge on any atom is 0.122 e. The van der Waals surface area contributed by atoms with Crippen LogP contribution in [0.2, 0.25) is 0 Å². The number of hydrogen-bond donors (Lipinski definition) is 1. The van der Waals surface area contributed by atoms with Gasteiger partial charge in [-0.05, 0) is 44.2 Å². The lowest BCUT2D eigenvalue weighted by molar-refractivity contribution is 0.0724. The number of likely N-dealkylation sites (tertiary alicyclic amines) is 1. The van der Waals surface area contributed by atoms with E-state index < -0.39 is 0 Å². The molecule has 0 amide bonds. The molecule has 3 heteroatoms. The molecule has 3 nitrogen and oxygen atoms in total. The van der Waals surface area contributed by atoms with Gasteiger partial charge in [-0.1, -0.05) is 20.8 Å². The van der Waals surface area contributed by atoms with E-state index in [2.05, 4.69) is 44.0 Å². The second-order valence-corrected chi connectivity index (χ2v) is 6.53. The van der Waals surface area contributed by atoms with Crippen molar-refractivity contribution in [2.24, 2.45) is 11.8 Å². The topological polar surface area (TPSA) is 28.4 Å². The maximum absolute atomic E-state index is 5.65. The summed E-state index contributed by atoms with van der Waals surface area (Å²) in [4.78, 5) is 2.62. The fourth-order valence-electron chi connectivity index (χ4n) is 3.30. The normalized spacial score (nSPS) is 27.9. The molecule has 2 rings (SSSR count). The molecule has 0 bridgehead atoms. The van der Waals surface area contributed by atoms with Crippen LogP contribution in [0.25, 0.3) is 0 Å². The van der Waals surface area contributed by atoms with Gasteiger partial charge >= 0.3 is 0 Å². The minimum Gasteiger partial charge on any atom is -0.468 e. The highest BCUT2D eigenvalue weighted by molar-refractivity contribution is 5.17. The van der Waals surface area contributed by atoms with E-state index in [9.17, 15) is 0 Å². The Hall–Kier alpha value is -0.800. The summed E-state index contributed by atoms with van der Waals surface area (Å²) in [6, 6.07) is 2.80. The highest BCUT2D eigenvalue weighted by Gasteiger charge is 2.29. The Morgan fingerprint density at radius 2 is 2.15 bits per heavy atom. The Balaban J connectivity index is 1.96. The lowest BCUT2D eigenvalue weighted by Gasteiger charge is -2.41. The first-order valence-electron chi connectivity index (χ1n) is 8.11. The molecule has 1 N–H and O–H groups in total. The van der Waals surface area contributed by atoms with E-state index in [0.717, 1.165) is 43.7 Å². The van der Waals surface area contributed by atoms with Crippen LogP contribution in [-0.4, -0.2) is 24.0 Å². The van der Waals surface area contributed by atoms with Gasteiger partial charge in [-0.15, -0.1) is 0 Å². The predicted molar refractivity (Wildman–Crippen MR) is 83.5 cm³/mol. The number of nitrogens with zero attached hydrogens (tertiary/aromatic N) is 1. The third-order valence-corrected chi connectivity index (χ3v) is 4.64. The van der Waals surface area contributed by atoms with Gasteiger partial charge in [0.25, 0.3) is 0 Å². The monoisotopic (exact) mass is 278 g/mol. The van der Waals surface area contributed by atoms with Crippen LogP contribution in [0.4, 0.5) is 0 Å². The van der Waals surface area contributed by atoms with E-state index >= 15 is 0 Å². The number of hydrogen-bond acceptors (Lipinski definition) is 3. The molecule has 114 valence electrons. The van der Waals surface area contributed by atoms with Gasteiger partial charge in [0.1, 0.15) is 5.76 Å². The van der Waals surface area contributed by atoms with Crippen LogP contribution in [0.1, 0.15) is 51.9 Å². The third-order valence-electron chi connectivity index (χ3n) is 4.64. The van der Waals surface area contributed by atoms with E-state index in [-0.39, 0.29) is 0 Å². The molecule has 1 aromatic rings. The number of furan rings is 1. The van der Waals surface area contributed by atoms with Crippen molar-refractivity contribution < 1.29 is 4.42 Å². The average Bonchev–Trinajstić information content (AvgIpc) is 2.83.